The molecule has 1 heterocycles. The molecule has 0 atom stereocenters. The van der Waals surface area contributed by atoms with Crippen molar-refractivity contribution in [2.75, 3.05) is 12.4 Å². The standard InChI is InChI=1S/C17H14N2O3/c1-22-15-7-3-6-14-13(15)8-9-18-16(14)19-12-5-2-4-11(10-12)17(20)21/h2-10H,1H3,(H,18,19)(H,20,21). The molecule has 110 valence electrons. The Kier molecular flexibility index (Phi) is 3.62. The molecular formula is C17H14N2O3. The van der Waals surface area contributed by atoms with Crippen LogP contribution in [0.25, 0.3) is 10.8 Å². The van der Waals surface area contributed by atoms with E-state index in [2.05, 4.69) is 10.3 Å². The molecule has 0 unspecified atom stereocenters. The van der Waals surface area contributed by atoms with Crippen LogP contribution in [0.3, 0.4) is 0 Å². The minimum atomic E-state index is -0.962. The van der Waals surface area contributed by atoms with E-state index in [9.17, 15) is 4.79 Å². The third-order valence-corrected chi connectivity index (χ3v) is 3.36. The molecule has 2 N–H and O–H groups in total. The highest BCUT2D eigenvalue weighted by atomic mass is 16.5. The molecule has 0 aliphatic carbocycles. The number of carboxylic acid groups (broad SMARTS) is 1. The second-order valence-corrected chi connectivity index (χ2v) is 4.73. The molecule has 1 aromatic heterocycles. The average Bonchev–Trinajstić information content (AvgIpc) is 2.55. The van der Waals surface area contributed by atoms with Gasteiger partial charge in [-0.2, -0.15) is 0 Å². The monoisotopic (exact) mass is 294 g/mol. The number of nitrogens with zero attached hydrogens (tertiary/aromatic N) is 1. The van der Waals surface area contributed by atoms with Crippen molar-refractivity contribution in [3.63, 3.8) is 0 Å². The van der Waals surface area contributed by atoms with Crippen LogP contribution in [-0.2, 0) is 0 Å². The van der Waals surface area contributed by atoms with Crippen molar-refractivity contribution < 1.29 is 14.6 Å². The summed E-state index contributed by atoms with van der Waals surface area (Å²) < 4.78 is 5.35. The molecule has 0 saturated heterocycles. The summed E-state index contributed by atoms with van der Waals surface area (Å²) in [6, 6.07) is 14.2. The maximum atomic E-state index is 11.0. The Morgan fingerprint density at radius 1 is 1.14 bits per heavy atom. The fraction of sp³-hybridized carbons (Fsp3) is 0.0588. The van der Waals surface area contributed by atoms with Gasteiger partial charge < -0.3 is 15.2 Å². The minimum Gasteiger partial charge on any atom is -0.496 e. The maximum Gasteiger partial charge on any atom is 0.335 e. The van der Waals surface area contributed by atoms with Gasteiger partial charge >= 0.3 is 5.97 Å². The van der Waals surface area contributed by atoms with Gasteiger partial charge in [-0.25, -0.2) is 9.78 Å². The van der Waals surface area contributed by atoms with Gasteiger partial charge in [-0.1, -0.05) is 18.2 Å². The van der Waals surface area contributed by atoms with E-state index in [4.69, 9.17) is 9.84 Å². The van der Waals surface area contributed by atoms with Gasteiger partial charge in [-0.05, 0) is 30.3 Å². The molecule has 0 radical (unpaired) electrons. The molecule has 0 bridgehead atoms. The Balaban J connectivity index is 2.04. The zero-order valence-corrected chi connectivity index (χ0v) is 11.9. The number of hydrogen-bond acceptors (Lipinski definition) is 4. The number of aromatic carboxylic acids is 1. The second kappa shape index (κ2) is 5.73. The third-order valence-electron chi connectivity index (χ3n) is 3.36. The predicted molar refractivity (Wildman–Crippen MR) is 85.0 cm³/mol. The molecular weight excluding hydrogens is 280 g/mol. The average molecular weight is 294 g/mol. The quantitative estimate of drug-likeness (QED) is 0.768. The van der Waals surface area contributed by atoms with Gasteiger partial charge in [0.25, 0.3) is 0 Å². The number of carboxylic acids is 1. The Labute approximate surface area is 127 Å². The number of rotatable bonds is 4. The summed E-state index contributed by atoms with van der Waals surface area (Å²) in [5.41, 5.74) is 0.894. The Morgan fingerprint density at radius 2 is 1.95 bits per heavy atom. The lowest BCUT2D eigenvalue weighted by molar-refractivity contribution is 0.0697. The van der Waals surface area contributed by atoms with Crippen LogP contribution in [0.2, 0.25) is 0 Å². The maximum absolute atomic E-state index is 11.0. The van der Waals surface area contributed by atoms with Crippen molar-refractivity contribution in [1.29, 1.82) is 0 Å². The van der Waals surface area contributed by atoms with Crippen LogP contribution < -0.4 is 10.1 Å². The summed E-state index contributed by atoms with van der Waals surface area (Å²) in [5.74, 6) is 0.456. The van der Waals surface area contributed by atoms with Crippen LogP contribution in [0.5, 0.6) is 5.75 Å². The van der Waals surface area contributed by atoms with Crippen molar-refractivity contribution in [3.05, 3.63) is 60.3 Å². The first-order valence-corrected chi connectivity index (χ1v) is 6.71. The van der Waals surface area contributed by atoms with E-state index >= 15 is 0 Å². The van der Waals surface area contributed by atoms with Crippen LogP contribution >= 0.6 is 0 Å². The van der Waals surface area contributed by atoms with Crippen molar-refractivity contribution >= 4 is 28.2 Å². The van der Waals surface area contributed by atoms with Crippen molar-refractivity contribution in [2.45, 2.75) is 0 Å². The first-order valence-electron chi connectivity index (χ1n) is 6.71. The van der Waals surface area contributed by atoms with Crippen molar-refractivity contribution in [1.82, 2.24) is 4.98 Å². The molecule has 3 rings (SSSR count). The highest BCUT2D eigenvalue weighted by Crippen LogP contribution is 2.30. The number of anilines is 2. The number of carbonyl (C=O) groups is 1. The summed E-state index contributed by atoms with van der Waals surface area (Å²) in [6.45, 7) is 0. The van der Waals surface area contributed by atoms with E-state index in [-0.39, 0.29) is 5.56 Å². The number of hydrogen-bond donors (Lipinski definition) is 2. The van der Waals surface area contributed by atoms with Crippen molar-refractivity contribution in [2.24, 2.45) is 0 Å². The summed E-state index contributed by atoms with van der Waals surface area (Å²) in [5, 5.41) is 14.1. The lowest BCUT2D eigenvalue weighted by atomic mass is 10.1. The number of methoxy groups -OCH3 is 1. The third kappa shape index (κ3) is 2.56. The largest absolute Gasteiger partial charge is 0.496 e. The van der Waals surface area contributed by atoms with E-state index in [1.807, 2.05) is 24.3 Å². The van der Waals surface area contributed by atoms with E-state index < -0.39 is 5.97 Å². The number of fused-ring (bicyclic) bond motifs is 1. The topological polar surface area (TPSA) is 71.5 Å². The Bertz CT molecular complexity index is 846. The molecule has 5 nitrogen and oxygen atoms in total. The van der Waals surface area contributed by atoms with Gasteiger partial charge in [0.2, 0.25) is 0 Å². The van der Waals surface area contributed by atoms with E-state index in [0.29, 0.717) is 11.5 Å². The number of benzene rings is 2. The molecule has 5 heteroatoms. The highest BCUT2D eigenvalue weighted by Gasteiger charge is 2.08. The Morgan fingerprint density at radius 3 is 2.73 bits per heavy atom. The number of aromatic nitrogens is 1. The first kappa shape index (κ1) is 13.9. The summed E-state index contributed by atoms with van der Waals surface area (Å²) in [4.78, 5) is 15.4. The van der Waals surface area contributed by atoms with Gasteiger partial charge in [0.1, 0.15) is 11.6 Å². The minimum absolute atomic E-state index is 0.225. The fourth-order valence-electron chi connectivity index (χ4n) is 2.32. The highest BCUT2D eigenvalue weighted by molar-refractivity contribution is 5.97. The van der Waals surface area contributed by atoms with Crippen LogP contribution in [0.4, 0.5) is 11.5 Å². The zero-order valence-electron chi connectivity index (χ0n) is 11.9. The lowest BCUT2D eigenvalue weighted by Gasteiger charge is -2.11. The summed E-state index contributed by atoms with van der Waals surface area (Å²) in [7, 11) is 1.62. The molecule has 0 fully saturated rings. The SMILES string of the molecule is COc1cccc2c(Nc3cccc(C(=O)O)c3)nccc12. The first-order chi connectivity index (χ1) is 10.7. The van der Waals surface area contributed by atoms with E-state index in [1.54, 1.807) is 37.6 Å². The molecule has 0 spiro atoms. The van der Waals surface area contributed by atoms with Gasteiger partial charge in [0, 0.05) is 22.7 Å². The number of nitrogens with one attached hydrogen (secondary N) is 1. The fourth-order valence-corrected chi connectivity index (χ4v) is 2.32. The van der Waals surface area contributed by atoms with Crippen LogP contribution in [-0.4, -0.2) is 23.2 Å². The van der Waals surface area contributed by atoms with E-state index in [1.165, 1.54) is 0 Å². The Hall–Kier alpha value is -3.08. The lowest BCUT2D eigenvalue weighted by Crippen LogP contribution is -1.99. The predicted octanol–water partition coefficient (Wildman–Crippen LogP) is 3.69. The molecule has 22 heavy (non-hydrogen) atoms. The summed E-state index contributed by atoms with van der Waals surface area (Å²) in [6.07, 6.45) is 1.69. The molecule has 0 saturated carbocycles. The molecule has 0 amide bonds. The normalized spacial score (nSPS) is 10.4. The molecule has 0 aliphatic rings. The number of ether oxygens (including phenoxy) is 1. The smallest absolute Gasteiger partial charge is 0.335 e. The van der Waals surface area contributed by atoms with Gasteiger partial charge in [-0.3, -0.25) is 0 Å². The summed E-state index contributed by atoms with van der Waals surface area (Å²) >= 11 is 0. The van der Waals surface area contributed by atoms with Crippen LogP contribution in [0.15, 0.2) is 54.7 Å². The molecule has 2 aromatic carbocycles. The molecule has 0 aliphatic heterocycles. The van der Waals surface area contributed by atoms with E-state index in [0.717, 1.165) is 16.5 Å². The van der Waals surface area contributed by atoms with Crippen LogP contribution in [0, 0.1) is 0 Å². The number of pyridine rings is 1. The second-order valence-electron chi connectivity index (χ2n) is 4.73. The zero-order chi connectivity index (χ0) is 15.5. The van der Waals surface area contributed by atoms with Crippen LogP contribution in [0.1, 0.15) is 10.4 Å². The van der Waals surface area contributed by atoms with Gasteiger partial charge in [-0.15, -0.1) is 0 Å². The molecule has 3 aromatic rings. The van der Waals surface area contributed by atoms with Gasteiger partial charge in [0.15, 0.2) is 0 Å². The van der Waals surface area contributed by atoms with Gasteiger partial charge in [0.05, 0.1) is 12.7 Å². The van der Waals surface area contributed by atoms with Crippen molar-refractivity contribution in [3.8, 4) is 5.75 Å².